The van der Waals surface area contributed by atoms with Crippen LogP contribution in [-0.2, 0) is 9.47 Å². The van der Waals surface area contributed by atoms with Gasteiger partial charge in [0.05, 0.1) is 0 Å². The maximum absolute atomic E-state index is 5.68. The molecule has 0 radical (unpaired) electrons. The van der Waals surface area contributed by atoms with E-state index in [-0.39, 0.29) is 6.29 Å². The third-order valence-electron chi connectivity index (χ3n) is 6.29. The molecule has 3 unspecified atom stereocenters. The van der Waals surface area contributed by atoms with Crippen molar-refractivity contribution in [1.29, 1.82) is 0 Å². The monoisotopic (exact) mass is 312 g/mol. The van der Waals surface area contributed by atoms with E-state index in [0.29, 0.717) is 5.41 Å². The normalized spacial score (nSPS) is 25.8. The highest BCUT2D eigenvalue weighted by Gasteiger charge is 2.39. The lowest BCUT2D eigenvalue weighted by Crippen LogP contribution is -2.24. The summed E-state index contributed by atoms with van der Waals surface area (Å²) in [4.78, 5) is 0. The zero-order valence-electron chi connectivity index (χ0n) is 16.0. The minimum absolute atomic E-state index is 0.00648. The van der Waals surface area contributed by atoms with Crippen LogP contribution >= 0.6 is 0 Å². The zero-order valence-corrected chi connectivity index (χ0v) is 16.0. The molecule has 2 heteroatoms. The summed E-state index contributed by atoms with van der Waals surface area (Å²) in [6, 6.07) is 0. The van der Waals surface area contributed by atoms with Gasteiger partial charge in [0.1, 0.15) is 0 Å². The van der Waals surface area contributed by atoms with Gasteiger partial charge in [0.25, 0.3) is 0 Å². The van der Waals surface area contributed by atoms with E-state index in [0.717, 1.165) is 37.4 Å². The van der Waals surface area contributed by atoms with Gasteiger partial charge in [0.15, 0.2) is 6.29 Å². The Bertz CT molecular complexity index is 281. The molecule has 1 aliphatic rings. The third-order valence-corrected chi connectivity index (χ3v) is 6.29. The molecule has 3 atom stereocenters. The highest BCUT2D eigenvalue weighted by atomic mass is 16.7. The standard InChI is InChI=1S/C20H40O2/c1-7-17(12-15-19(21-8-2)22-9-3)11-14-18-13-10-16(4)20(18,5)6/h16-19H,7-15H2,1-6H3. The van der Waals surface area contributed by atoms with Crippen LogP contribution in [0.4, 0.5) is 0 Å². The van der Waals surface area contributed by atoms with Crippen LogP contribution in [0, 0.1) is 23.2 Å². The van der Waals surface area contributed by atoms with Crippen molar-refractivity contribution in [3.63, 3.8) is 0 Å². The quantitative estimate of drug-likeness (QED) is 0.433. The molecule has 0 amide bonds. The van der Waals surface area contributed by atoms with Crippen molar-refractivity contribution >= 4 is 0 Å². The molecule has 0 aliphatic heterocycles. The van der Waals surface area contributed by atoms with Gasteiger partial charge in [-0.3, -0.25) is 0 Å². The molecule has 1 rings (SSSR count). The maximum atomic E-state index is 5.68. The first-order valence-electron chi connectivity index (χ1n) is 9.68. The number of hydrogen-bond donors (Lipinski definition) is 0. The Labute approximate surface area is 139 Å². The SMILES string of the molecule is CCOC(CCC(CC)CCC1CCC(C)C1(C)C)OCC. The molecular formula is C20H40O2. The molecule has 0 spiro atoms. The van der Waals surface area contributed by atoms with Crippen LogP contribution in [0.25, 0.3) is 0 Å². The zero-order chi connectivity index (χ0) is 16.6. The minimum atomic E-state index is 0.00648. The lowest BCUT2D eigenvalue weighted by Gasteiger charge is -2.32. The molecule has 1 saturated carbocycles. The van der Waals surface area contributed by atoms with E-state index in [9.17, 15) is 0 Å². The van der Waals surface area contributed by atoms with Crippen LogP contribution in [-0.4, -0.2) is 19.5 Å². The van der Waals surface area contributed by atoms with Gasteiger partial charge >= 0.3 is 0 Å². The highest BCUT2D eigenvalue weighted by Crippen LogP contribution is 2.49. The second-order valence-electron chi connectivity index (χ2n) is 7.77. The molecule has 0 aromatic rings. The van der Waals surface area contributed by atoms with E-state index in [1.165, 1.54) is 38.5 Å². The maximum Gasteiger partial charge on any atom is 0.157 e. The molecule has 0 N–H and O–H groups in total. The van der Waals surface area contributed by atoms with Gasteiger partial charge in [0.2, 0.25) is 0 Å². The van der Waals surface area contributed by atoms with Crippen LogP contribution in [0.2, 0.25) is 0 Å². The highest BCUT2D eigenvalue weighted by molar-refractivity contribution is 4.89. The molecule has 2 nitrogen and oxygen atoms in total. The largest absolute Gasteiger partial charge is 0.353 e. The van der Waals surface area contributed by atoms with Crippen LogP contribution < -0.4 is 0 Å². The predicted octanol–water partition coefficient (Wildman–Crippen LogP) is 6.04. The molecule has 0 heterocycles. The topological polar surface area (TPSA) is 18.5 Å². The summed E-state index contributed by atoms with van der Waals surface area (Å²) in [6.07, 6.45) is 9.22. The number of hydrogen-bond acceptors (Lipinski definition) is 2. The van der Waals surface area contributed by atoms with E-state index in [1.807, 2.05) is 13.8 Å². The second-order valence-corrected chi connectivity index (χ2v) is 7.77. The Morgan fingerprint density at radius 3 is 2.05 bits per heavy atom. The first-order valence-corrected chi connectivity index (χ1v) is 9.68. The van der Waals surface area contributed by atoms with Gasteiger partial charge in [0, 0.05) is 13.2 Å². The summed E-state index contributed by atoms with van der Waals surface area (Å²) in [5.74, 6) is 2.64. The molecule has 1 aliphatic carbocycles. The first-order chi connectivity index (χ1) is 10.5. The van der Waals surface area contributed by atoms with E-state index in [1.54, 1.807) is 0 Å². The smallest absolute Gasteiger partial charge is 0.157 e. The summed E-state index contributed by atoms with van der Waals surface area (Å²) < 4.78 is 11.4. The van der Waals surface area contributed by atoms with Crippen LogP contribution in [0.3, 0.4) is 0 Å². The Morgan fingerprint density at radius 1 is 0.955 bits per heavy atom. The van der Waals surface area contributed by atoms with Gasteiger partial charge in [-0.2, -0.15) is 0 Å². The van der Waals surface area contributed by atoms with Gasteiger partial charge in [-0.05, 0) is 69.1 Å². The molecule has 132 valence electrons. The number of rotatable bonds is 11. The van der Waals surface area contributed by atoms with E-state index in [4.69, 9.17) is 9.47 Å². The lowest BCUT2D eigenvalue weighted by molar-refractivity contribution is -0.141. The third kappa shape index (κ3) is 5.85. The molecule has 0 bridgehead atoms. The van der Waals surface area contributed by atoms with Crippen LogP contribution in [0.1, 0.15) is 86.5 Å². The predicted molar refractivity (Wildman–Crippen MR) is 95.0 cm³/mol. The van der Waals surface area contributed by atoms with Gasteiger partial charge in [-0.15, -0.1) is 0 Å². The molecule has 1 fully saturated rings. The van der Waals surface area contributed by atoms with Crippen molar-refractivity contribution in [1.82, 2.24) is 0 Å². The fourth-order valence-corrected chi connectivity index (χ4v) is 4.06. The van der Waals surface area contributed by atoms with Crippen molar-refractivity contribution in [2.24, 2.45) is 23.2 Å². The first kappa shape index (κ1) is 20.0. The Balaban J connectivity index is 2.35. The van der Waals surface area contributed by atoms with E-state index in [2.05, 4.69) is 27.7 Å². The fraction of sp³-hybridized carbons (Fsp3) is 1.00. The molecule has 0 aromatic carbocycles. The Morgan fingerprint density at radius 2 is 1.59 bits per heavy atom. The van der Waals surface area contributed by atoms with Crippen LogP contribution in [0.15, 0.2) is 0 Å². The summed E-state index contributed by atoms with van der Waals surface area (Å²) in [5, 5.41) is 0. The number of ether oxygens (including phenoxy) is 2. The fourth-order valence-electron chi connectivity index (χ4n) is 4.06. The van der Waals surface area contributed by atoms with E-state index >= 15 is 0 Å². The minimum Gasteiger partial charge on any atom is -0.353 e. The van der Waals surface area contributed by atoms with Crippen molar-refractivity contribution in [3.8, 4) is 0 Å². The van der Waals surface area contributed by atoms with Crippen molar-refractivity contribution in [2.75, 3.05) is 13.2 Å². The van der Waals surface area contributed by atoms with Gasteiger partial charge < -0.3 is 9.47 Å². The molecule has 22 heavy (non-hydrogen) atoms. The molecule has 0 aromatic heterocycles. The van der Waals surface area contributed by atoms with Gasteiger partial charge in [-0.1, -0.05) is 40.5 Å². The summed E-state index contributed by atoms with van der Waals surface area (Å²) >= 11 is 0. The molecular weight excluding hydrogens is 272 g/mol. The van der Waals surface area contributed by atoms with Crippen molar-refractivity contribution in [3.05, 3.63) is 0 Å². The van der Waals surface area contributed by atoms with Crippen molar-refractivity contribution in [2.45, 2.75) is 92.8 Å². The Kier molecular flexibility index (Phi) is 9.01. The van der Waals surface area contributed by atoms with Crippen molar-refractivity contribution < 1.29 is 9.47 Å². The lowest BCUT2D eigenvalue weighted by atomic mass is 9.73. The second kappa shape index (κ2) is 9.93. The van der Waals surface area contributed by atoms with Crippen LogP contribution in [0.5, 0.6) is 0 Å². The van der Waals surface area contributed by atoms with E-state index < -0.39 is 0 Å². The average Bonchev–Trinajstić information content (AvgIpc) is 2.74. The summed E-state index contributed by atoms with van der Waals surface area (Å²) in [5.41, 5.74) is 0.539. The van der Waals surface area contributed by atoms with Gasteiger partial charge in [-0.25, -0.2) is 0 Å². The summed E-state index contributed by atoms with van der Waals surface area (Å²) in [7, 11) is 0. The molecule has 0 saturated heterocycles. The summed E-state index contributed by atoms with van der Waals surface area (Å²) in [6.45, 7) is 15.3. The average molecular weight is 313 g/mol. The Hall–Kier alpha value is -0.0800.